The van der Waals surface area contributed by atoms with Crippen molar-refractivity contribution in [1.82, 2.24) is 9.88 Å². The highest BCUT2D eigenvalue weighted by Gasteiger charge is 2.24. The Morgan fingerprint density at radius 3 is 2.48 bits per heavy atom. The number of carbonyl (C=O) groups is 1. The SMILES string of the molecule is Nc1cc(F)c(N(CCCN2CCN(c3nc4ccccc4o3)CC2)C(=O)O)c(F)c1. The van der Waals surface area contributed by atoms with Gasteiger partial charge >= 0.3 is 6.09 Å². The van der Waals surface area contributed by atoms with E-state index in [1.54, 1.807) is 0 Å². The van der Waals surface area contributed by atoms with Crippen molar-refractivity contribution in [3.63, 3.8) is 0 Å². The van der Waals surface area contributed by atoms with Crippen molar-refractivity contribution in [3.8, 4) is 0 Å². The Morgan fingerprint density at radius 2 is 1.84 bits per heavy atom. The van der Waals surface area contributed by atoms with Gasteiger partial charge in [-0.1, -0.05) is 12.1 Å². The van der Waals surface area contributed by atoms with Gasteiger partial charge in [-0.05, 0) is 37.2 Å². The minimum absolute atomic E-state index is 0.0293. The number of hydrogen-bond donors (Lipinski definition) is 2. The largest absolute Gasteiger partial charge is 0.465 e. The van der Waals surface area contributed by atoms with E-state index in [0.29, 0.717) is 23.9 Å². The molecule has 31 heavy (non-hydrogen) atoms. The minimum Gasteiger partial charge on any atom is -0.465 e. The van der Waals surface area contributed by atoms with Gasteiger partial charge in [0.05, 0.1) is 0 Å². The second-order valence-electron chi connectivity index (χ2n) is 7.41. The Labute approximate surface area is 177 Å². The fraction of sp³-hybridized carbons (Fsp3) is 0.333. The van der Waals surface area contributed by atoms with Crippen LogP contribution >= 0.6 is 0 Å². The molecule has 0 bridgehead atoms. The van der Waals surface area contributed by atoms with Crippen LogP contribution in [0.4, 0.5) is 31.0 Å². The normalized spacial score (nSPS) is 14.8. The Hall–Kier alpha value is -3.40. The van der Waals surface area contributed by atoms with Crippen LogP contribution in [0.2, 0.25) is 0 Å². The number of nitrogens with two attached hydrogens (primary N) is 1. The Morgan fingerprint density at radius 1 is 1.16 bits per heavy atom. The summed E-state index contributed by atoms with van der Waals surface area (Å²) in [5.41, 5.74) is 6.28. The van der Waals surface area contributed by atoms with E-state index in [2.05, 4.69) is 14.8 Å². The number of nitrogens with zero attached hydrogens (tertiary/aromatic N) is 4. The van der Waals surface area contributed by atoms with Gasteiger partial charge in [-0.3, -0.25) is 9.80 Å². The number of rotatable bonds is 6. The molecular weight excluding hydrogens is 408 g/mol. The van der Waals surface area contributed by atoms with E-state index in [0.717, 1.165) is 49.4 Å². The first-order chi connectivity index (χ1) is 14.9. The van der Waals surface area contributed by atoms with Crippen molar-refractivity contribution in [2.24, 2.45) is 0 Å². The number of carboxylic acid groups (broad SMARTS) is 1. The Balaban J connectivity index is 1.31. The average molecular weight is 431 g/mol. The number of oxazole rings is 1. The molecule has 0 unspecified atom stereocenters. The number of piperazine rings is 1. The number of para-hydroxylation sites is 2. The van der Waals surface area contributed by atoms with Crippen LogP contribution in [-0.4, -0.2) is 60.4 Å². The average Bonchev–Trinajstić information content (AvgIpc) is 3.16. The van der Waals surface area contributed by atoms with E-state index in [1.807, 2.05) is 24.3 Å². The number of fused-ring (bicyclic) bond motifs is 1. The second kappa shape index (κ2) is 8.76. The van der Waals surface area contributed by atoms with E-state index >= 15 is 0 Å². The molecule has 3 N–H and O–H groups in total. The van der Waals surface area contributed by atoms with E-state index in [-0.39, 0.29) is 12.2 Å². The van der Waals surface area contributed by atoms with Gasteiger partial charge < -0.3 is 20.2 Å². The molecule has 0 saturated carbocycles. The standard InChI is InChI=1S/C21H23F2N5O3/c22-15-12-14(24)13-16(23)19(15)28(21(29)30)7-3-6-26-8-10-27(11-9-26)20-25-17-4-1-2-5-18(17)31-20/h1-2,4-5,12-13H,3,6-11,24H2,(H,29,30). The van der Waals surface area contributed by atoms with Crippen LogP contribution in [-0.2, 0) is 0 Å². The zero-order chi connectivity index (χ0) is 22.0. The van der Waals surface area contributed by atoms with Crippen molar-refractivity contribution < 1.29 is 23.1 Å². The summed E-state index contributed by atoms with van der Waals surface area (Å²) in [7, 11) is 0. The summed E-state index contributed by atoms with van der Waals surface area (Å²) in [4.78, 5) is 21.0. The molecule has 1 fully saturated rings. The maximum Gasteiger partial charge on any atom is 0.411 e. The molecule has 0 radical (unpaired) electrons. The number of amides is 1. The van der Waals surface area contributed by atoms with Gasteiger partial charge in [0.15, 0.2) is 17.2 Å². The molecule has 1 amide bonds. The number of halogens is 2. The molecule has 4 rings (SSSR count). The van der Waals surface area contributed by atoms with Gasteiger partial charge in [0.25, 0.3) is 6.01 Å². The summed E-state index contributed by atoms with van der Waals surface area (Å²) in [6.45, 7) is 3.50. The lowest BCUT2D eigenvalue weighted by Gasteiger charge is -2.34. The number of hydrogen-bond acceptors (Lipinski definition) is 6. The van der Waals surface area contributed by atoms with Crippen LogP contribution < -0.4 is 15.5 Å². The molecule has 0 spiro atoms. The molecular formula is C21H23F2N5O3. The van der Waals surface area contributed by atoms with Gasteiger partial charge in [-0.15, -0.1) is 0 Å². The van der Waals surface area contributed by atoms with Gasteiger partial charge in [-0.25, -0.2) is 13.6 Å². The summed E-state index contributed by atoms with van der Waals surface area (Å²) in [6.07, 6.45) is -0.985. The monoisotopic (exact) mass is 431 g/mol. The molecule has 3 aromatic rings. The summed E-state index contributed by atoms with van der Waals surface area (Å²) in [5.74, 6) is -1.99. The van der Waals surface area contributed by atoms with Gasteiger partial charge in [-0.2, -0.15) is 4.98 Å². The quantitative estimate of drug-likeness (QED) is 0.577. The number of nitrogen functional groups attached to an aromatic ring is 1. The van der Waals surface area contributed by atoms with E-state index in [1.165, 1.54) is 0 Å². The summed E-state index contributed by atoms with van der Waals surface area (Å²) < 4.78 is 34.1. The van der Waals surface area contributed by atoms with Crippen LogP contribution in [0.3, 0.4) is 0 Å². The molecule has 1 aromatic heterocycles. The van der Waals surface area contributed by atoms with Crippen molar-refractivity contribution in [1.29, 1.82) is 0 Å². The topological polar surface area (TPSA) is 99.1 Å². The van der Waals surface area contributed by atoms with E-state index in [9.17, 15) is 18.7 Å². The first kappa shape index (κ1) is 20.9. The van der Waals surface area contributed by atoms with Gasteiger partial charge in [0.1, 0.15) is 11.2 Å². The molecule has 0 atom stereocenters. The van der Waals surface area contributed by atoms with Crippen LogP contribution in [0.5, 0.6) is 0 Å². The van der Waals surface area contributed by atoms with Crippen molar-refractivity contribution in [3.05, 3.63) is 48.0 Å². The lowest BCUT2D eigenvalue weighted by molar-refractivity contribution is 0.200. The molecule has 2 heterocycles. The third kappa shape index (κ3) is 4.53. The highest BCUT2D eigenvalue weighted by molar-refractivity contribution is 5.86. The minimum atomic E-state index is -1.41. The van der Waals surface area contributed by atoms with Crippen molar-refractivity contribution >= 4 is 34.6 Å². The highest BCUT2D eigenvalue weighted by Crippen LogP contribution is 2.27. The van der Waals surface area contributed by atoms with Crippen LogP contribution in [0.15, 0.2) is 40.8 Å². The lowest BCUT2D eigenvalue weighted by atomic mass is 10.2. The van der Waals surface area contributed by atoms with Crippen molar-refractivity contribution in [2.75, 3.05) is 54.8 Å². The fourth-order valence-corrected chi connectivity index (χ4v) is 3.76. The molecule has 1 aliphatic heterocycles. The predicted molar refractivity (Wildman–Crippen MR) is 113 cm³/mol. The molecule has 0 aliphatic carbocycles. The Kier molecular flexibility index (Phi) is 5.90. The molecule has 1 saturated heterocycles. The molecule has 8 nitrogen and oxygen atoms in total. The van der Waals surface area contributed by atoms with Crippen LogP contribution in [0.1, 0.15) is 6.42 Å². The molecule has 1 aliphatic rings. The first-order valence-corrected chi connectivity index (χ1v) is 10.0. The molecule has 10 heteroatoms. The maximum absolute atomic E-state index is 14.1. The van der Waals surface area contributed by atoms with Crippen molar-refractivity contribution in [2.45, 2.75) is 6.42 Å². The van der Waals surface area contributed by atoms with Crippen LogP contribution in [0.25, 0.3) is 11.1 Å². The highest BCUT2D eigenvalue weighted by atomic mass is 19.1. The van der Waals surface area contributed by atoms with Gasteiger partial charge in [0, 0.05) is 38.4 Å². The smallest absolute Gasteiger partial charge is 0.411 e. The lowest BCUT2D eigenvalue weighted by Crippen LogP contribution is -2.47. The molecule has 164 valence electrons. The third-order valence-electron chi connectivity index (χ3n) is 5.32. The summed E-state index contributed by atoms with van der Waals surface area (Å²) >= 11 is 0. The zero-order valence-electron chi connectivity index (χ0n) is 16.8. The van der Waals surface area contributed by atoms with Gasteiger partial charge in [0.2, 0.25) is 0 Å². The zero-order valence-corrected chi connectivity index (χ0v) is 16.8. The maximum atomic E-state index is 14.1. The molecule has 2 aromatic carbocycles. The predicted octanol–water partition coefficient (Wildman–Crippen LogP) is 3.38. The second-order valence-corrected chi connectivity index (χ2v) is 7.41. The van der Waals surface area contributed by atoms with Crippen LogP contribution in [0, 0.1) is 11.6 Å². The summed E-state index contributed by atoms with van der Waals surface area (Å²) in [5, 5.41) is 9.43. The third-order valence-corrected chi connectivity index (χ3v) is 5.32. The Bertz CT molecular complexity index is 1030. The number of anilines is 3. The number of aromatic nitrogens is 1. The van der Waals surface area contributed by atoms with E-state index in [4.69, 9.17) is 10.2 Å². The number of benzene rings is 2. The van der Waals surface area contributed by atoms with E-state index < -0.39 is 23.4 Å². The first-order valence-electron chi connectivity index (χ1n) is 10.0. The summed E-state index contributed by atoms with van der Waals surface area (Å²) in [6, 6.07) is 10.0. The fourth-order valence-electron chi connectivity index (χ4n) is 3.76.